The summed E-state index contributed by atoms with van der Waals surface area (Å²) in [5.41, 5.74) is 1.78. The Bertz CT molecular complexity index is 1090. The van der Waals surface area contributed by atoms with Gasteiger partial charge >= 0.3 is 0 Å². The van der Waals surface area contributed by atoms with E-state index in [1.807, 2.05) is 36.4 Å². The van der Waals surface area contributed by atoms with Gasteiger partial charge in [0.25, 0.3) is 5.91 Å². The minimum atomic E-state index is -0.309. The molecule has 2 heterocycles. The SMILES string of the molecule is Cc1c(C(=O)Nc2nnc(Cc3ccccc3)s2)sc2cccc(F)c12. The molecule has 0 radical (unpaired) electrons. The van der Waals surface area contributed by atoms with E-state index in [-0.39, 0.29) is 11.7 Å². The first kappa shape index (κ1) is 16.8. The number of nitrogens with one attached hydrogen (secondary N) is 1. The molecule has 0 unspecified atom stereocenters. The summed E-state index contributed by atoms with van der Waals surface area (Å²) in [5.74, 6) is -0.595. The van der Waals surface area contributed by atoms with Gasteiger partial charge in [0.15, 0.2) is 0 Å². The number of benzene rings is 2. The third-order valence-corrected chi connectivity index (χ3v) is 6.09. The topological polar surface area (TPSA) is 54.9 Å². The van der Waals surface area contributed by atoms with Crippen LogP contribution in [0.4, 0.5) is 9.52 Å². The van der Waals surface area contributed by atoms with Crippen LogP contribution in [-0.2, 0) is 6.42 Å². The third kappa shape index (κ3) is 3.23. The van der Waals surface area contributed by atoms with E-state index in [1.54, 1.807) is 13.0 Å². The zero-order valence-corrected chi connectivity index (χ0v) is 15.5. The van der Waals surface area contributed by atoms with Crippen LogP contribution in [0.3, 0.4) is 0 Å². The minimum Gasteiger partial charge on any atom is -0.296 e. The molecule has 4 nitrogen and oxygen atoms in total. The Labute approximate surface area is 157 Å². The molecular formula is C19H14FN3OS2. The summed E-state index contributed by atoms with van der Waals surface area (Å²) in [6.45, 7) is 1.76. The highest BCUT2D eigenvalue weighted by molar-refractivity contribution is 7.21. The van der Waals surface area contributed by atoms with Crippen molar-refractivity contribution >= 4 is 43.8 Å². The second kappa shape index (κ2) is 6.93. The van der Waals surface area contributed by atoms with Gasteiger partial charge in [-0.15, -0.1) is 21.5 Å². The molecule has 2 aromatic carbocycles. The standard InChI is InChI=1S/C19H14FN3OS2/c1-11-16-13(20)8-5-9-14(16)25-17(11)18(24)21-19-23-22-15(26-19)10-12-6-3-2-4-7-12/h2-9H,10H2,1H3,(H,21,23,24). The summed E-state index contributed by atoms with van der Waals surface area (Å²) in [7, 11) is 0. The molecular weight excluding hydrogens is 369 g/mol. The number of fused-ring (bicyclic) bond motifs is 1. The van der Waals surface area contributed by atoms with Crippen LogP contribution in [0.5, 0.6) is 0 Å². The number of thiophene rings is 1. The molecule has 1 N–H and O–H groups in total. The molecule has 7 heteroatoms. The first-order chi connectivity index (χ1) is 12.6. The Morgan fingerprint density at radius 2 is 1.88 bits per heavy atom. The summed E-state index contributed by atoms with van der Waals surface area (Å²) < 4.78 is 14.8. The maximum atomic E-state index is 14.0. The van der Waals surface area contributed by atoms with Crippen molar-refractivity contribution in [3.05, 3.63) is 75.4 Å². The maximum Gasteiger partial charge on any atom is 0.267 e. The highest BCUT2D eigenvalue weighted by Gasteiger charge is 2.19. The number of hydrogen-bond donors (Lipinski definition) is 1. The van der Waals surface area contributed by atoms with Crippen LogP contribution < -0.4 is 5.32 Å². The van der Waals surface area contributed by atoms with Crippen LogP contribution in [0, 0.1) is 12.7 Å². The molecule has 0 saturated carbocycles. The molecule has 0 fully saturated rings. The summed E-state index contributed by atoms with van der Waals surface area (Å²) >= 11 is 2.62. The number of carbonyl (C=O) groups is 1. The van der Waals surface area contributed by atoms with Crippen LogP contribution in [0.1, 0.15) is 25.8 Å². The Kier molecular flexibility index (Phi) is 4.48. The molecule has 1 amide bonds. The number of halogens is 1. The minimum absolute atomic E-state index is 0.287. The average molecular weight is 383 g/mol. The van der Waals surface area contributed by atoms with Crippen molar-refractivity contribution in [1.82, 2.24) is 10.2 Å². The van der Waals surface area contributed by atoms with Gasteiger partial charge in [-0.2, -0.15) is 0 Å². The average Bonchev–Trinajstić information content (AvgIpc) is 3.21. The molecule has 2 aromatic heterocycles. The number of carbonyl (C=O) groups excluding carboxylic acids is 1. The number of aromatic nitrogens is 2. The lowest BCUT2D eigenvalue weighted by atomic mass is 10.1. The van der Waals surface area contributed by atoms with Gasteiger partial charge in [0.05, 0.1) is 4.88 Å². The van der Waals surface area contributed by atoms with Gasteiger partial charge in [0, 0.05) is 16.5 Å². The number of anilines is 1. The molecule has 0 aliphatic heterocycles. The zero-order valence-electron chi connectivity index (χ0n) is 13.8. The lowest BCUT2D eigenvalue weighted by molar-refractivity contribution is 0.103. The van der Waals surface area contributed by atoms with Gasteiger partial charge in [-0.25, -0.2) is 4.39 Å². The number of hydrogen-bond acceptors (Lipinski definition) is 5. The smallest absolute Gasteiger partial charge is 0.267 e. The van der Waals surface area contributed by atoms with Crippen LogP contribution in [-0.4, -0.2) is 16.1 Å². The van der Waals surface area contributed by atoms with E-state index in [9.17, 15) is 9.18 Å². The molecule has 26 heavy (non-hydrogen) atoms. The summed E-state index contributed by atoms with van der Waals surface area (Å²) in [6.07, 6.45) is 0.668. The van der Waals surface area contributed by atoms with E-state index in [0.29, 0.717) is 27.4 Å². The van der Waals surface area contributed by atoms with Gasteiger partial charge in [-0.1, -0.05) is 47.7 Å². The Morgan fingerprint density at radius 1 is 1.08 bits per heavy atom. The van der Waals surface area contributed by atoms with Crippen molar-refractivity contribution in [2.24, 2.45) is 0 Å². The highest BCUT2D eigenvalue weighted by atomic mass is 32.1. The van der Waals surface area contributed by atoms with Crippen LogP contribution in [0.15, 0.2) is 48.5 Å². The summed E-state index contributed by atoms with van der Waals surface area (Å²) in [6, 6.07) is 14.8. The van der Waals surface area contributed by atoms with Crippen LogP contribution >= 0.6 is 22.7 Å². The van der Waals surface area contributed by atoms with Gasteiger partial charge in [0.2, 0.25) is 5.13 Å². The molecule has 4 rings (SSSR count). The summed E-state index contributed by atoms with van der Waals surface area (Å²) in [4.78, 5) is 13.1. The second-order valence-electron chi connectivity index (χ2n) is 5.79. The Morgan fingerprint density at radius 3 is 2.65 bits per heavy atom. The number of aryl methyl sites for hydroxylation is 1. The molecule has 4 aromatic rings. The fourth-order valence-electron chi connectivity index (χ4n) is 2.77. The second-order valence-corrected chi connectivity index (χ2v) is 7.90. The van der Waals surface area contributed by atoms with E-state index >= 15 is 0 Å². The lowest BCUT2D eigenvalue weighted by Gasteiger charge is -2.00. The maximum absolute atomic E-state index is 14.0. The van der Waals surface area contributed by atoms with E-state index in [4.69, 9.17) is 0 Å². The monoisotopic (exact) mass is 383 g/mol. The van der Waals surface area contributed by atoms with E-state index in [1.165, 1.54) is 28.7 Å². The van der Waals surface area contributed by atoms with E-state index < -0.39 is 0 Å². The van der Waals surface area contributed by atoms with Crippen molar-refractivity contribution in [1.29, 1.82) is 0 Å². The van der Waals surface area contributed by atoms with Gasteiger partial charge in [-0.05, 0) is 30.2 Å². The largest absolute Gasteiger partial charge is 0.296 e. The zero-order chi connectivity index (χ0) is 18.1. The quantitative estimate of drug-likeness (QED) is 0.537. The number of nitrogens with zero attached hydrogens (tertiary/aromatic N) is 2. The van der Waals surface area contributed by atoms with Crippen molar-refractivity contribution in [3.63, 3.8) is 0 Å². The van der Waals surface area contributed by atoms with Gasteiger partial charge < -0.3 is 0 Å². The Hall–Kier alpha value is -2.64. The first-order valence-electron chi connectivity index (χ1n) is 7.97. The highest BCUT2D eigenvalue weighted by Crippen LogP contribution is 2.33. The fraction of sp³-hybridized carbons (Fsp3) is 0.105. The van der Waals surface area contributed by atoms with Crippen LogP contribution in [0.2, 0.25) is 0 Å². The normalized spacial score (nSPS) is 11.0. The van der Waals surface area contributed by atoms with Gasteiger partial charge in [-0.3, -0.25) is 10.1 Å². The van der Waals surface area contributed by atoms with Crippen molar-refractivity contribution in [3.8, 4) is 0 Å². The van der Waals surface area contributed by atoms with Gasteiger partial charge in [0.1, 0.15) is 10.8 Å². The molecule has 0 saturated heterocycles. The fourth-order valence-corrected chi connectivity index (χ4v) is 4.66. The number of amides is 1. The van der Waals surface area contributed by atoms with Crippen molar-refractivity contribution in [2.75, 3.05) is 5.32 Å². The predicted octanol–water partition coefficient (Wildman–Crippen LogP) is 5.04. The summed E-state index contributed by atoms with van der Waals surface area (Å²) in [5, 5.41) is 12.7. The molecule has 0 bridgehead atoms. The molecule has 0 aliphatic carbocycles. The van der Waals surface area contributed by atoms with Crippen molar-refractivity contribution in [2.45, 2.75) is 13.3 Å². The van der Waals surface area contributed by atoms with Crippen molar-refractivity contribution < 1.29 is 9.18 Å². The first-order valence-corrected chi connectivity index (χ1v) is 9.60. The molecule has 0 atom stereocenters. The number of rotatable bonds is 4. The lowest BCUT2D eigenvalue weighted by Crippen LogP contribution is -2.11. The van der Waals surface area contributed by atoms with E-state index in [2.05, 4.69) is 15.5 Å². The van der Waals surface area contributed by atoms with Crippen LogP contribution in [0.25, 0.3) is 10.1 Å². The van der Waals surface area contributed by atoms with E-state index in [0.717, 1.165) is 15.3 Å². The predicted molar refractivity (Wildman–Crippen MR) is 104 cm³/mol. The molecule has 130 valence electrons. The molecule has 0 aliphatic rings. The molecule has 0 spiro atoms. The Balaban J connectivity index is 1.54. The third-order valence-electron chi connectivity index (χ3n) is 3.99.